The number of anilines is 1. The lowest BCUT2D eigenvalue weighted by atomic mass is 9.53. The van der Waals surface area contributed by atoms with E-state index in [1.165, 1.54) is 49.8 Å². The summed E-state index contributed by atoms with van der Waals surface area (Å²) in [6.07, 6.45) is 10.2. The van der Waals surface area contributed by atoms with Crippen LogP contribution in [0, 0.1) is 24.7 Å². The molecule has 6 rings (SSSR count). The van der Waals surface area contributed by atoms with Crippen molar-refractivity contribution in [3.63, 3.8) is 0 Å². The fourth-order valence-electron chi connectivity index (χ4n) is 7.18. The van der Waals surface area contributed by atoms with E-state index in [0.29, 0.717) is 6.04 Å². The Morgan fingerprint density at radius 1 is 1.03 bits per heavy atom. The van der Waals surface area contributed by atoms with Crippen molar-refractivity contribution in [2.45, 2.75) is 82.8 Å². The van der Waals surface area contributed by atoms with Gasteiger partial charge in [-0.2, -0.15) is 0 Å². The van der Waals surface area contributed by atoms with E-state index in [0.717, 1.165) is 43.7 Å². The van der Waals surface area contributed by atoms with Crippen LogP contribution in [0.5, 0.6) is 0 Å². The Morgan fingerprint density at radius 3 is 2.21 bits per heavy atom. The molecule has 4 saturated carbocycles. The predicted molar refractivity (Wildman–Crippen MR) is 118 cm³/mol. The predicted octanol–water partition coefficient (Wildman–Crippen LogP) is 4.34. The normalized spacial score (nSPS) is 35.4. The van der Waals surface area contributed by atoms with Crippen molar-refractivity contribution in [1.82, 2.24) is 10.2 Å². The molecule has 1 saturated heterocycles. The van der Waals surface area contributed by atoms with E-state index in [1.807, 2.05) is 0 Å². The summed E-state index contributed by atoms with van der Waals surface area (Å²) >= 11 is 0. The van der Waals surface area contributed by atoms with Gasteiger partial charge in [-0.05, 0) is 94.6 Å². The third kappa shape index (κ3) is 3.93. The van der Waals surface area contributed by atoms with Crippen LogP contribution in [0.1, 0.15) is 63.9 Å². The number of nitrogens with one attached hydrogen (secondary N) is 2. The third-order valence-corrected chi connectivity index (χ3v) is 8.39. The van der Waals surface area contributed by atoms with E-state index in [-0.39, 0.29) is 17.5 Å². The Balaban J connectivity index is 1.14. The summed E-state index contributed by atoms with van der Waals surface area (Å²) in [6, 6.07) is 9.01. The molecule has 2 N–H and O–H groups in total. The van der Waals surface area contributed by atoms with E-state index in [9.17, 15) is 4.79 Å². The Bertz CT molecular complexity index is 717. The molecule has 1 amide bonds. The largest absolute Gasteiger partial charge is 0.382 e. The highest BCUT2D eigenvalue weighted by Gasteiger charge is 2.51. The minimum Gasteiger partial charge on any atom is -0.382 e. The zero-order chi connectivity index (χ0) is 20.0. The van der Waals surface area contributed by atoms with Crippen LogP contribution >= 0.6 is 0 Å². The molecule has 5 aliphatic rings. The average molecular weight is 396 g/mol. The number of aryl methyl sites for hydroxylation is 1. The van der Waals surface area contributed by atoms with Gasteiger partial charge in [0.2, 0.25) is 5.91 Å². The molecule has 1 heterocycles. The molecule has 4 bridgehead atoms. The van der Waals surface area contributed by atoms with Crippen LogP contribution in [-0.2, 0) is 4.79 Å². The molecular formula is C25H37N3O. The number of carbonyl (C=O) groups is 1. The summed E-state index contributed by atoms with van der Waals surface area (Å²) in [5.41, 5.74) is 2.68. The number of benzene rings is 1. The van der Waals surface area contributed by atoms with Crippen molar-refractivity contribution < 1.29 is 4.79 Å². The molecule has 1 aromatic carbocycles. The Morgan fingerprint density at radius 2 is 1.62 bits per heavy atom. The first kappa shape index (κ1) is 19.4. The van der Waals surface area contributed by atoms with Gasteiger partial charge in [0.1, 0.15) is 0 Å². The second-order valence-corrected chi connectivity index (χ2v) is 10.6. The minimum absolute atomic E-state index is 0.0117. The van der Waals surface area contributed by atoms with Gasteiger partial charge in [0.25, 0.3) is 0 Å². The highest BCUT2D eigenvalue weighted by Crippen LogP contribution is 2.55. The highest BCUT2D eigenvalue weighted by molar-refractivity contribution is 5.82. The molecule has 0 unspecified atom stereocenters. The number of likely N-dealkylation sites (tertiary alicyclic amines) is 1. The van der Waals surface area contributed by atoms with Crippen molar-refractivity contribution in [3.05, 3.63) is 29.8 Å². The van der Waals surface area contributed by atoms with Gasteiger partial charge in [-0.1, -0.05) is 18.2 Å². The van der Waals surface area contributed by atoms with Gasteiger partial charge in [0.15, 0.2) is 0 Å². The van der Waals surface area contributed by atoms with Gasteiger partial charge in [-0.15, -0.1) is 0 Å². The standard InChI is InChI=1S/C25H37N3O/c1-17-5-3-4-6-23(17)26-22-7-9-28(10-8-22)18(2)24(29)27-25-14-19-11-20(15-25)13-21(12-19)16-25/h3-6,18-22,26H,7-16H2,1-2H3,(H,27,29)/t18-,19?,20?,21?,25?/m0/s1. The lowest BCUT2D eigenvalue weighted by Crippen LogP contribution is -2.62. The molecule has 1 atom stereocenters. The van der Waals surface area contributed by atoms with E-state index < -0.39 is 0 Å². The fourth-order valence-corrected chi connectivity index (χ4v) is 7.18. The van der Waals surface area contributed by atoms with Gasteiger partial charge in [-0.3, -0.25) is 9.69 Å². The lowest BCUT2D eigenvalue weighted by molar-refractivity contribution is -0.132. The number of piperidine rings is 1. The molecule has 4 heteroatoms. The summed E-state index contributed by atoms with van der Waals surface area (Å²) in [5.74, 6) is 2.90. The zero-order valence-electron chi connectivity index (χ0n) is 18.1. The number of amides is 1. The molecule has 158 valence electrons. The van der Waals surface area contributed by atoms with E-state index in [2.05, 4.69) is 53.6 Å². The first-order valence-corrected chi connectivity index (χ1v) is 11.9. The van der Waals surface area contributed by atoms with Crippen LogP contribution < -0.4 is 10.6 Å². The SMILES string of the molecule is Cc1ccccc1NC1CCN([C@@H](C)C(=O)NC23CC4CC(CC(C4)C2)C3)CC1. The molecular weight excluding hydrogens is 358 g/mol. The Hall–Kier alpha value is -1.55. The molecule has 29 heavy (non-hydrogen) atoms. The second-order valence-electron chi connectivity index (χ2n) is 10.6. The van der Waals surface area contributed by atoms with E-state index in [1.54, 1.807) is 0 Å². The van der Waals surface area contributed by atoms with Gasteiger partial charge in [0, 0.05) is 30.4 Å². The molecule has 0 spiro atoms. The maximum Gasteiger partial charge on any atom is 0.237 e. The fraction of sp³-hybridized carbons (Fsp3) is 0.720. The molecule has 1 aromatic rings. The van der Waals surface area contributed by atoms with Crippen molar-refractivity contribution in [3.8, 4) is 0 Å². The maximum absolute atomic E-state index is 13.2. The average Bonchev–Trinajstić information content (AvgIpc) is 2.68. The van der Waals surface area contributed by atoms with Gasteiger partial charge >= 0.3 is 0 Å². The topological polar surface area (TPSA) is 44.4 Å². The van der Waals surface area contributed by atoms with Crippen LogP contribution in [0.25, 0.3) is 0 Å². The molecule has 0 radical (unpaired) electrons. The van der Waals surface area contributed by atoms with Gasteiger partial charge in [0.05, 0.1) is 6.04 Å². The maximum atomic E-state index is 13.2. The van der Waals surface area contributed by atoms with E-state index >= 15 is 0 Å². The van der Waals surface area contributed by atoms with Crippen LogP contribution in [-0.4, -0.2) is 41.5 Å². The van der Waals surface area contributed by atoms with Crippen LogP contribution in [0.15, 0.2) is 24.3 Å². The molecule has 4 nitrogen and oxygen atoms in total. The Labute approximate surface area is 175 Å². The molecule has 1 aliphatic heterocycles. The van der Waals surface area contributed by atoms with Gasteiger partial charge < -0.3 is 10.6 Å². The quantitative estimate of drug-likeness (QED) is 0.779. The van der Waals surface area contributed by atoms with Crippen molar-refractivity contribution in [2.75, 3.05) is 18.4 Å². The lowest BCUT2D eigenvalue weighted by Gasteiger charge is -2.57. The smallest absolute Gasteiger partial charge is 0.237 e. The number of carbonyl (C=O) groups excluding carboxylic acids is 1. The second kappa shape index (κ2) is 7.61. The highest BCUT2D eigenvalue weighted by atomic mass is 16.2. The summed E-state index contributed by atoms with van der Waals surface area (Å²) < 4.78 is 0. The van der Waals surface area contributed by atoms with Crippen LogP contribution in [0.4, 0.5) is 5.69 Å². The number of para-hydroxylation sites is 1. The summed E-state index contributed by atoms with van der Waals surface area (Å²) in [5, 5.41) is 7.30. The van der Waals surface area contributed by atoms with Crippen molar-refractivity contribution in [1.29, 1.82) is 0 Å². The van der Waals surface area contributed by atoms with Crippen molar-refractivity contribution in [2.24, 2.45) is 17.8 Å². The van der Waals surface area contributed by atoms with Crippen LogP contribution in [0.2, 0.25) is 0 Å². The van der Waals surface area contributed by atoms with E-state index in [4.69, 9.17) is 0 Å². The van der Waals surface area contributed by atoms with Crippen molar-refractivity contribution >= 4 is 11.6 Å². The summed E-state index contributed by atoms with van der Waals surface area (Å²) in [6.45, 7) is 6.28. The van der Waals surface area contributed by atoms with Gasteiger partial charge in [-0.25, -0.2) is 0 Å². The first-order chi connectivity index (χ1) is 14.0. The number of rotatable bonds is 5. The number of hydrogen-bond acceptors (Lipinski definition) is 3. The summed E-state index contributed by atoms with van der Waals surface area (Å²) in [7, 11) is 0. The van der Waals surface area contributed by atoms with Crippen LogP contribution in [0.3, 0.4) is 0 Å². The molecule has 4 aliphatic carbocycles. The number of hydrogen-bond donors (Lipinski definition) is 2. The third-order valence-electron chi connectivity index (χ3n) is 8.39. The Kier molecular flexibility index (Phi) is 5.09. The summed E-state index contributed by atoms with van der Waals surface area (Å²) in [4.78, 5) is 15.6. The molecule has 0 aromatic heterocycles. The monoisotopic (exact) mass is 395 g/mol. The minimum atomic E-state index is -0.0117. The first-order valence-electron chi connectivity index (χ1n) is 11.9. The zero-order valence-corrected chi connectivity index (χ0v) is 18.1. The number of nitrogens with zero attached hydrogens (tertiary/aromatic N) is 1. The molecule has 5 fully saturated rings.